The van der Waals surface area contributed by atoms with Gasteiger partial charge in [-0.25, -0.2) is 0 Å². The molecular formula is C74H76. The largest absolute Gasteiger partial charge is 0.0622 e. The van der Waals surface area contributed by atoms with Crippen LogP contribution in [-0.4, -0.2) is 0 Å². The first kappa shape index (κ1) is 50.5. The van der Waals surface area contributed by atoms with E-state index in [9.17, 15) is 0 Å². The van der Waals surface area contributed by atoms with Crippen LogP contribution in [-0.2, 0) is 27.1 Å². The molecule has 74 heavy (non-hydrogen) atoms. The van der Waals surface area contributed by atoms with Crippen LogP contribution in [0.15, 0.2) is 188 Å². The summed E-state index contributed by atoms with van der Waals surface area (Å²) in [6, 6.07) is 72.4. The second kappa shape index (κ2) is 18.4. The number of hydrogen-bond acceptors (Lipinski definition) is 0. The van der Waals surface area contributed by atoms with Crippen molar-refractivity contribution in [2.45, 2.75) is 131 Å². The van der Waals surface area contributed by atoms with E-state index >= 15 is 0 Å². The number of hydrogen-bond donors (Lipinski definition) is 0. The first-order valence-corrected chi connectivity index (χ1v) is 27.0. The van der Waals surface area contributed by atoms with E-state index < -0.39 is 0 Å². The molecule has 0 spiro atoms. The van der Waals surface area contributed by atoms with Gasteiger partial charge in [0.1, 0.15) is 0 Å². The van der Waals surface area contributed by atoms with Gasteiger partial charge in [0, 0.05) is 0 Å². The number of benzene rings is 10. The average Bonchev–Trinajstić information content (AvgIpc) is 3.36. The van der Waals surface area contributed by atoms with Crippen LogP contribution in [0.3, 0.4) is 0 Å². The third-order valence-electron chi connectivity index (χ3n) is 15.6. The van der Waals surface area contributed by atoms with E-state index in [0.717, 1.165) is 0 Å². The van der Waals surface area contributed by atoms with Crippen molar-refractivity contribution in [2.24, 2.45) is 0 Å². The second-order valence-corrected chi connectivity index (χ2v) is 26.2. The lowest BCUT2D eigenvalue weighted by Crippen LogP contribution is -2.22. The molecule has 10 aromatic rings. The molecule has 0 nitrogen and oxygen atoms in total. The molecule has 0 amide bonds. The Morgan fingerprint density at radius 2 is 0.459 bits per heavy atom. The summed E-state index contributed by atoms with van der Waals surface area (Å²) in [5, 5.41) is 7.64. The van der Waals surface area contributed by atoms with Crippen molar-refractivity contribution >= 4 is 32.3 Å². The molecule has 0 bridgehead atoms. The van der Waals surface area contributed by atoms with Crippen molar-refractivity contribution in [3.63, 3.8) is 0 Å². The lowest BCUT2D eigenvalue weighted by molar-refractivity contribution is 0.531. The molecule has 0 heterocycles. The summed E-state index contributed by atoms with van der Waals surface area (Å²) in [5.41, 5.74) is 21.4. The van der Waals surface area contributed by atoms with Crippen LogP contribution < -0.4 is 0 Å². The quantitative estimate of drug-likeness (QED) is 0.146. The summed E-state index contributed by atoms with van der Waals surface area (Å²) in [6.45, 7) is 35.1. The topological polar surface area (TPSA) is 0 Å². The van der Waals surface area contributed by atoms with Gasteiger partial charge in [0.15, 0.2) is 0 Å². The molecule has 0 atom stereocenters. The molecule has 372 valence electrons. The summed E-state index contributed by atoms with van der Waals surface area (Å²) >= 11 is 0. The summed E-state index contributed by atoms with van der Waals surface area (Å²) in [4.78, 5) is 0. The summed E-state index contributed by atoms with van der Waals surface area (Å²) in [7, 11) is 0. The second-order valence-electron chi connectivity index (χ2n) is 26.2. The Balaban J connectivity index is 1.43. The van der Waals surface area contributed by atoms with Gasteiger partial charge in [0.05, 0.1) is 0 Å². The molecular weight excluding hydrogens is 889 g/mol. The first-order chi connectivity index (χ1) is 34.9. The van der Waals surface area contributed by atoms with E-state index in [0.29, 0.717) is 0 Å². The minimum absolute atomic E-state index is 0.0764. The van der Waals surface area contributed by atoms with E-state index in [1.807, 2.05) is 0 Å². The van der Waals surface area contributed by atoms with Gasteiger partial charge in [-0.1, -0.05) is 274 Å². The maximum Gasteiger partial charge on any atom is -0.000139 e. The minimum Gasteiger partial charge on any atom is -0.0622 e. The zero-order valence-corrected chi connectivity index (χ0v) is 46.9. The molecule has 0 heteroatoms. The van der Waals surface area contributed by atoms with Crippen LogP contribution in [0.25, 0.3) is 99.1 Å². The predicted octanol–water partition coefficient (Wildman–Crippen LogP) is 21.6. The van der Waals surface area contributed by atoms with E-state index in [1.165, 1.54) is 127 Å². The maximum atomic E-state index is 2.60. The zero-order chi connectivity index (χ0) is 52.7. The normalized spacial score (nSPS) is 12.8. The fourth-order valence-electron chi connectivity index (χ4n) is 11.4. The van der Waals surface area contributed by atoms with Crippen LogP contribution >= 0.6 is 0 Å². The Morgan fingerprint density at radius 1 is 0.203 bits per heavy atom. The molecule has 0 aromatic heterocycles. The third kappa shape index (κ3) is 9.43. The lowest BCUT2D eigenvalue weighted by atomic mass is 9.71. The maximum absolute atomic E-state index is 2.60. The zero-order valence-electron chi connectivity index (χ0n) is 46.9. The predicted molar refractivity (Wildman–Crippen MR) is 325 cm³/mol. The molecule has 0 aliphatic rings. The summed E-state index contributed by atoms with van der Waals surface area (Å²) < 4.78 is 0. The molecule has 0 radical (unpaired) electrons. The van der Waals surface area contributed by atoms with Gasteiger partial charge in [-0.2, -0.15) is 0 Å². The van der Waals surface area contributed by atoms with Crippen LogP contribution in [0.5, 0.6) is 0 Å². The van der Waals surface area contributed by atoms with E-state index in [4.69, 9.17) is 0 Å². The number of fused-ring (bicyclic) bond motifs is 3. The minimum atomic E-state index is -0.117. The molecule has 10 aromatic carbocycles. The molecule has 0 saturated heterocycles. The van der Waals surface area contributed by atoms with Crippen molar-refractivity contribution in [1.29, 1.82) is 0 Å². The molecule has 0 fully saturated rings. The van der Waals surface area contributed by atoms with E-state index in [-0.39, 0.29) is 27.1 Å². The van der Waals surface area contributed by atoms with Gasteiger partial charge in [0.25, 0.3) is 0 Å². The van der Waals surface area contributed by atoms with Crippen LogP contribution in [0.4, 0.5) is 0 Å². The fourth-order valence-corrected chi connectivity index (χ4v) is 11.4. The standard InChI is InChI=1S/C74H76/c1-70(2,3)55-38-34-49(35-39-55)47-26-30-53(31-27-47)66-59-44-57(72(7,8)9)42-43-58(59)64(51-22-18-16-19-23-51)68-67(54-32-28-48(29-33-54)50-36-40-56(41-37-50)71(4,5)6)61-46-63(74(13,14)15)62(73(10,11)12)45-60(61)65(69(66)68)52-24-20-17-21-25-52/h16-46H,1-15H3. The molecule has 10 rings (SSSR count). The molecule has 0 unspecified atom stereocenters. The van der Waals surface area contributed by atoms with Crippen LogP contribution in [0.1, 0.15) is 132 Å². The van der Waals surface area contributed by atoms with E-state index in [2.05, 4.69) is 292 Å². The summed E-state index contributed by atoms with van der Waals surface area (Å²) in [6.07, 6.45) is 0. The molecule has 0 N–H and O–H groups in total. The monoisotopic (exact) mass is 965 g/mol. The Morgan fingerprint density at radius 3 is 0.770 bits per heavy atom. The van der Waals surface area contributed by atoms with Gasteiger partial charge in [0.2, 0.25) is 0 Å². The Bertz CT molecular complexity index is 3680. The highest BCUT2D eigenvalue weighted by atomic mass is 14.3. The van der Waals surface area contributed by atoms with Crippen molar-refractivity contribution in [1.82, 2.24) is 0 Å². The van der Waals surface area contributed by atoms with Gasteiger partial charge < -0.3 is 0 Å². The molecule has 0 saturated carbocycles. The highest BCUT2D eigenvalue weighted by molar-refractivity contribution is 6.34. The third-order valence-corrected chi connectivity index (χ3v) is 15.6. The average molecular weight is 965 g/mol. The summed E-state index contributed by atoms with van der Waals surface area (Å²) in [5.74, 6) is 0. The fraction of sp³-hybridized carbons (Fsp3) is 0.270. The van der Waals surface area contributed by atoms with Gasteiger partial charge in [-0.15, -0.1) is 0 Å². The van der Waals surface area contributed by atoms with Gasteiger partial charge in [-0.3, -0.25) is 0 Å². The van der Waals surface area contributed by atoms with Crippen molar-refractivity contribution < 1.29 is 0 Å². The highest BCUT2D eigenvalue weighted by Gasteiger charge is 2.32. The molecule has 0 aliphatic heterocycles. The SMILES string of the molecule is CC(C)(C)c1ccc(-c2ccc(-c3c4cc(C(C)(C)C)ccc4c(-c4ccccc4)c4c(-c5ccc(-c6ccc(C(C)(C)C)cc6)cc5)c5cc(C(C)(C)C)c(C(C)(C)C)cc5c(-c5ccccc5)c34)cc2)cc1. The van der Waals surface area contributed by atoms with Crippen molar-refractivity contribution in [2.75, 3.05) is 0 Å². The smallest absolute Gasteiger partial charge is 0.000139 e. The van der Waals surface area contributed by atoms with Crippen molar-refractivity contribution in [3.05, 3.63) is 216 Å². The van der Waals surface area contributed by atoms with E-state index in [1.54, 1.807) is 0 Å². The Kier molecular flexibility index (Phi) is 12.6. The lowest BCUT2D eigenvalue weighted by Gasteiger charge is -2.33. The highest BCUT2D eigenvalue weighted by Crippen LogP contribution is 2.55. The Hall–Kier alpha value is -7.02. The number of rotatable bonds is 6. The van der Waals surface area contributed by atoms with Crippen LogP contribution in [0.2, 0.25) is 0 Å². The Labute approximate surface area is 443 Å². The van der Waals surface area contributed by atoms with Crippen LogP contribution in [0, 0.1) is 0 Å². The molecule has 0 aliphatic carbocycles. The van der Waals surface area contributed by atoms with Gasteiger partial charge in [-0.05, 0) is 172 Å². The van der Waals surface area contributed by atoms with Crippen molar-refractivity contribution in [3.8, 4) is 66.8 Å². The first-order valence-electron chi connectivity index (χ1n) is 27.0. The van der Waals surface area contributed by atoms with Gasteiger partial charge >= 0.3 is 0 Å².